The van der Waals surface area contributed by atoms with E-state index in [0.29, 0.717) is 45.0 Å². The van der Waals surface area contributed by atoms with E-state index in [2.05, 4.69) is 45.9 Å². The lowest BCUT2D eigenvalue weighted by atomic mass is 9.89. The molecule has 2 heterocycles. The van der Waals surface area contributed by atoms with Crippen molar-refractivity contribution in [3.8, 4) is 0 Å². The molecule has 1 aliphatic heterocycles. The van der Waals surface area contributed by atoms with Gasteiger partial charge in [-0.3, -0.25) is 0 Å². The molecule has 5 atom stereocenters. The fourth-order valence-electron chi connectivity index (χ4n) is 5.65. The molecule has 1 saturated heterocycles. The second kappa shape index (κ2) is 18.9. The van der Waals surface area contributed by atoms with Crippen molar-refractivity contribution >= 4 is 21.4 Å². The summed E-state index contributed by atoms with van der Waals surface area (Å²) in [7, 11) is 0. The lowest BCUT2D eigenvalue weighted by Crippen LogP contribution is -2.58. The zero-order valence-electron chi connectivity index (χ0n) is 27.2. The van der Waals surface area contributed by atoms with Crippen molar-refractivity contribution in [1.82, 2.24) is 0 Å². The first-order valence-corrected chi connectivity index (χ1v) is 17.7. The van der Waals surface area contributed by atoms with Gasteiger partial charge in [0.1, 0.15) is 36.3 Å². The zero-order chi connectivity index (χ0) is 31.1. The molecule has 0 saturated carbocycles. The highest BCUT2D eigenvalue weighted by Gasteiger charge is 2.48. The highest BCUT2D eigenvalue weighted by molar-refractivity contribution is 7.19. The second-order valence-electron chi connectivity index (χ2n) is 11.9. The van der Waals surface area contributed by atoms with Gasteiger partial charge >= 0.3 is 0 Å². The third kappa shape index (κ3) is 9.81. The standard InChI is InChI=1S/C37H53FO5S/c1-5-9-19-39-26-32-35(40-20-10-6-2)37(42-22-12-8-4)36(41-21-11-7-3)34(43-32)28-17-18-31(38)29(23-28)25-30-24-27-15-13-14-16-33(27)44-30/h13-18,23-24,32,34-37H,5-12,19-22,25-26H2,1-4H3/t32-,34+,35-,36+,37+/m1/s1. The molecule has 0 radical (unpaired) electrons. The highest BCUT2D eigenvalue weighted by atomic mass is 32.1. The average molecular weight is 629 g/mol. The maximum absolute atomic E-state index is 15.3. The maximum atomic E-state index is 15.3. The third-order valence-corrected chi connectivity index (χ3v) is 9.34. The number of benzene rings is 2. The molecule has 2 aromatic carbocycles. The third-order valence-electron chi connectivity index (χ3n) is 8.22. The van der Waals surface area contributed by atoms with Crippen molar-refractivity contribution in [2.75, 3.05) is 33.0 Å². The first kappa shape index (κ1) is 35.0. The molecule has 0 unspecified atom stereocenters. The van der Waals surface area contributed by atoms with Gasteiger partial charge in [-0.1, -0.05) is 77.6 Å². The summed E-state index contributed by atoms with van der Waals surface area (Å²) in [6.07, 6.45) is 6.76. The van der Waals surface area contributed by atoms with E-state index in [1.165, 1.54) is 10.1 Å². The van der Waals surface area contributed by atoms with Gasteiger partial charge in [0.15, 0.2) is 0 Å². The quantitative estimate of drug-likeness (QED) is 0.117. The molecular formula is C37H53FO5S. The molecule has 244 valence electrons. The van der Waals surface area contributed by atoms with E-state index in [1.807, 2.05) is 24.3 Å². The van der Waals surface area contributed by atoms with Crippen LogP contribution in [-0.4, -0.2) is 57.5 Å². The van der Waals surface area contributed by atoms with Crippen LogP contribution in [0.25, 0.3) is 10.1 Å². The van der Waals surface area contributed by atoms with E-state index >= 15 is 4.39 Å². The fraction of sp³-hybridized carbons (Fsp3) is 0.622. The Labute approximate surface area is 268 Å². The van der Waals surface area contributed by atoms with Crippen LogP contribution in [0.2, 0.25) is 0 Å². The number of rotatable bonds is 20. The molecular weight excluding hydrogens is 575 g/mol. The van der Waals surface area contributed by atoms with Crippen molar-refractivity contribution in [1.29, 1.82) is 0 Å². The lowest BCUT2D eigenvalue weighted by molar-refractivity contribution is -0.268. The molecule has 3 aromatic rings. The SMILES string of the molecule is CCCCOC[C@H]1O[C@@H](c2ccc(F)c(Cc3cc4ccccc4s3)c2)[C@H](OCCCC)[C@@H](OCCCC)[C@@H]1OCCCC. The van der Waals surface area contributed by atoms with Crippen LogP contribution in [0.5, 0.6) is 0 Å². The minimum Gasteiger partial charge on any atom is -0.379 e. The summed E-state index contributed by atoms with van der Waals surface area (Å²) in [6.45, 7) is 11.6. The zero-order valence-corrected chi connectivity index (χ0v) is 28.0. The van der Waals surface area contributed by atoms with Gasteiger partial charge < -0.3 is 23.7 Å². The van der Waals surface area contributed by atoms with Crippen LogP contribution in [-0.2, 0) is 30.1 Å². The van der Waals surface area contributed by atoms with E-state index in [4.69, 9.17) is 23.7 Å². The molecule has 0 amide bonds. The van der Waals surface area contributed by atoms with E-state index in [0.717, 1.165) is 61.8 Å². The van der Waals surface area contributed by atoms with E-state index < -0.39 is 6.10 Å². The minimum absolute atomic E-state index is 0.207. The Hall–Kier alpha value is -1.87. The number of unbranched alkanes of at least 4 members (excludes halogenated alkanes) is 4. The molecule has 1 aliphatic rings. The molecule has 0 bridgehead atoms. The molecule has 1 aromatic heterocycles. The number of thiophene rings is 1. The first-order valence-electron chi connectivity index (χ1n) is 16.9. The van der Waals surface area contributed by atoms with Crippen LogP contribution in [0, 0.1) is 5.82 Å². The van der Waals surface area contributed by atoms with E-state index in [1.54, 1.807) is 17.4 Å². The van der Waals surface area contributed by atoms with Crippen LogP contribution in [0.15, 0.2) is 48.5 Å². The number of ether oxygens (including phenoxy) is 5. The normalized spacial score (nSPS) is 22.2. The summed E-state index contributed by atoms with van der Waals surface area (Å²) in [5.74, 6) is -0.207. The predicted molar refractivity (Wildman–Crippen MR) is 178 cm³/mol. The maximum Gasteiger partial charge on any atom is 0.126 e. The van der Waals surface area contributed by atoms with Gasteiger partial charge in [-0.15, -0.1) is 11.3 Å². The van der Waals surface area contributed by atoms with Crippen molar-refractivity contribution in [2.24, 2.45) is 0 Å². The summed E-state index contributed by atoms with van der Waals surface area (Å²) < 4.78 is 49.4. The van der Waals surface area contributed by atoms with Crippen molar-refractivity contribution < 1.29 is 28.1 Å². The van der Waals surface area contributed by atoms with E-state index in [-0.39, 0.29) is 30.2 Å². The van der Waals surface area contributed by atoms with Crippen molar-refractivity contribution in [2.45, 2.75) is 116 Å². The van der Waals surface area contributed by atoms with Crippen molar-refractivity contribution in [3.63, 3.8) is 0 Å². The summed E-state index contributed by atoms with van der Waals surface area (Å²) in [5, 5.41) is 1.19. The summed E-state index contributed by atoms with van der Waals surface area (Å²) in [5.41, 5.74) is 1.56. The van der Waals surface area contributed by atoms with Gasteiger partial charge in [0, 0.05) is 42.4 Å². The molecule has 4 rings (SSSR count). The fourth-order valence-corrected chi connectivity index (χ4v) is 6.73. The first-order chi connectivity index (χ1) is 21.6. The Balaban J connectivity index is 1.67. The Bertz CT molecular complexity index is 1200. The number of halogens is 1. The molecule has 0 aliphatic carbocycles. The largest absolute Gasteiger partial charge is 0.379 e. The van der Waals surface area contributed by atoms with E-state index in [9.17, 15) is 0 Å². The number of hydrogen-bond acceptors (Lipinski definition) is 6. The Morgan fingerprint density at radius 1 is 0.727 bits per heavy atom. The van der Waals surface area contributed by atoms with Crippen molar-refractivity contribution in [3.05, 3.63) is 70.4 Å². The summed E-state index contributed by atoms with van der Waals surface area (Å²) >= 11 is 1.72. The minimum atomic E-state index is -0.439. The monoisotopic (exact) mass is 628 g/mol. The topological polar surface area (TPSA) is 46.2 Å². The van der Waals surface area contributed by atoms with Crippen LogP contribution < -0.4 is 0 Å². The molecule has 7 heteroatoms. The Kier molecular flexibility index (Phi) is 15.1. The van der Waals surface area contributed by atoms with Gasteiger partial charge in [-0.25, -0.2) is 4.39 Å². The Morgan fingerprint density at radius 3 is 2.05 bits per heavy atom. The molecule has 1 fully saturated rings. The van der Waals surface area contributed by atoms with Crippen LogP contribution >= 0.6 is 11.3 Å². The summed E-state index contributed by atoms with van der Waals surface area (Å²) in [4.78, 5) is 1.13. The van der Waals surface area contributed by atoms with Crippen LogP contribution in [0.1, 0.15) is 101 Å². The predicted octanol–water partition coefficient (Wildman–Crippen LogP) is 9.44. The molecule has 0 spiro atoms. The van der Waals surface area contributed by atoms with Gasteiger partial charge in [0.25, 0.3) is 0 Å². The van der Waals surface area contributed by atoms with Gasteiger partial charge in [0.05, 0.1) is 6.61 Å². The van der Waals surface area contributed by atoms with Gasteiger partial charge in [0.2, 0.25) is 0 Å². The summed E-state index contributed by atoms with van der Waals surface area (Å²) in [6, 6.07) is 15.9. The highest BCUT2D eigenvalue weighted by Crippen LogP contribution is 2.39. The molecule has 0 N–H and O–H groups in total. The van der Waals surface area contributed by atoms with Gasteiger partial charge in [-0.05, 0) is 66.5 Å². The lowest BCUT2D eigenvalue weighted by Gasteiger charge is -2.46. The second-order valence-corrected chi connectivity index (χ2v) is 13.0. The van der Waals surface area contributed by atoms with Crippen LogP contribution in [0.3, 0.4) is 0 Å². The average Bonchev–Trinajstić information content (AvgIpc) is 3.44. The molecule has 5 nitrogen and oxygen atoms in total. The number of hydrogen-bond donors (Lipinski definition) is 0. The van der Waals surface area contributed by atoms with Gasteiger partial charge in [-0.2, -0.15) is 0 Å². The van der Waals surface area contributed by atoms with Crippen LogP contribution in [0.4, 0.5) is 4.39 Å². The number of fused-ring (bicyclic) bond motifs is 1. The smallest absolute Gasteiger partial charge is 0.126 e. The molecule has 44 heavy (non-hydrogen) atoms. The Morgan fingerprint density at radius 2 is 1.36 bits per heavy atom.